The highest BCUT2D eigenvalue weighted by molar-refractivity contribution is 5.90. The molecule has 28 heavy (non-hydrogen) atoms. The molecule has 3 rings (SSSR count). The van der Waals surface area contributed by atoms with Gasteiger partial charge in [0.05, 0.1) is 31.1 Å². The van der Waals surface area contributed by atoms with Crippen LogP contribution in [0.4, 0.5) is 20.6 Å². The summed E-state index contributed by atoms with van der Waals surface area (Å²) in [6.07, 6.45) is 0.731. The maximum absolute atomic E-state index is 14.7. The van der Waals surface area contributed by atoms with E-state index in [0.29, 0.717) is 44.2 Å². The second-order valence-electron chi connectivity index (χ2n) is 6.43. The van der Waals surface area contributed by atoms with E-state index in [1.807, 2.05) is 0 Å². The zero-order chi connectivity index (χ0) is 20.1. The summed E-state index contributed by atoms with van der Waals surface area (Å²) in [7, 11) is 1.78. The number of hydrogen-bond acceptors (Lipinski definition) is 8. The first kappa shape index (κ1) is 19.9. The molecule has 0 bridgehead atoms. The highest BCUT2D eigenvalue weighted by atomic mass is 19.1. The van der Waals surface area contributed by atoms with Crippen molar-refractivity contribution in [3.8, 4) is 0 Å². The predicted octanol–water partition coefficient (Wildman–Crippen LogP) is 0.999. The molecule has 0 aromatic heterocycles. The van der Waals surface area contributed by atoms with E-state index in [9.17, 15) is 14.0 Å². The van der Waals surface area contributed by atoms with Crippen molar-refractivity contribution in [2.45, 2.75) is 13.0 Å². The average molecular weight is 393 g/mol. The van der Waals surface area contributed by atoms with Gasteiger partial charge in [-0.3, -0.25) is 14.7 Å². The Morgan fingerprint density at radius 1 is 1.43 bits per heavy atom. The quantitative estimate of drug-likeness (QED) is 0.692. The van der Waals surface area contributed by atoms with Gasteiger partial charge in [-0.2, -0.15) is 5.10 Å². The Labute approximate surface area is 162 Å². The van der Waals surface area contributed by atoms with Gasteiger partial charge < -0.3 is 19.7 Å². The molecule has 2 aliphatic rings. The largest absolute Gasteiger partial charge is 0.465 e. The number of carbonyl (C=O) groups is 2. The number of amides is 1. The van der Waals surface area contributed by atoms with E-state index >= 15 is 0 Å². The Morgan fingerprint density at radius 2 is 2.25 bits per heavy atom. The van der Waals surface area contributed by atoms with Crippen molar-refractivity contribution >= 4 is 29.8 Å². The van der Waals surface area contributed by atoms with Gasteiger partial charge >= 0.3 is 12.1 Å². The van der Waals surface area contributed by atoms with Crippen LogP contribution in [0.2, 0.25) is 0 Å². The van der Waals surface area contributed by atoms with Gasteiger partial charge in [-0.05, 0) is 32.2 Å². The third-order valence-electron chi connectivity index (χ3n) is 4.43. The molecule has 1 atom stereocenters. The maximum Gasteiger partial charge on any atom is 0.414 e. The van der Waals surface area contributed by atoms with Crippen LogP contribution in [0.25, 0.3) is 0 Å². The SMILES string of the molecule is CCOC(=O)CN1CCN(c2ccc(N3CC(CNC)OC3=O)cc2F)C=N1. The summed E-state index contributed by atoms with van der Waals surface area (Å²) in [4.78, 5) is 26.6. The van der Waals surface area contributed by atoms with Crippen molar-refractivity contribution in [3.63, 3.8) is 0 Å². The molecule has 2 aliphatic heterocycles. The van der Waals surface area contributed by atoms with Crippen LogP contribution in [0.5, 0.6) is 0 Å². The molecule has 1 aromatic rings. The first-order valence-corrected chi connectivity index (χ1v) is 9.15. The molecule has 9 nitrogen and oxygen atoms in total. The van der Waals surface area contributed by atoms with Gasteiger partial charge in [0.1, 0.15) is 24.8 Å². The summed E-state index contributed by atoms with van der Waals surface area (Å²) in [5.41, 5.74) is 0.797. The molecular formula is C18H24FN5O4. The normalized spacial score (nSPS) is 19.2. The number of hydrazone groups is 1. The minimum atomic E-state index is -0.485. The summed E-state index contributed by atoms with van der Waals surface area (Å²) < 4.78 is 24.8. The Morgan fingerprint density at radius 3 is 2.89 bits per heavy atom. The minimum absolute atomic E-state index is 0.0600. The lowest BCUT2D eigenvalue weighted by atomic mass is 10.2. The monoisotopic (exact) mass is 393 g/mol. The van der Waals surface area contributed by atoms with Crippen molar-refractivity contribution in [2.24, 2.45) is 5.10 Å². The summed E-state index contributed by atoms with van der Waals surface area (Å²) in [5.74, 6) is -0.814. The predicted molar refractivity (Wildman–Crippen MR) is 102 cm³/mol. The van der Waals surface area contributed by atoms with E-state index in [4.69, 9.17) is 9.47 Å². The first-order chi connectivity index (χ1) is 13.5. The average Bonchev–Trinajstić information content (AvgIpc) is 3.03. The molecule has 1 aromatic carbocycles. The van der Waals surface area contributed by atoms with Crippen molar-refractivity contribution in [3.05, 3.63) is 24.0 Å². The van der Waals surface area contributed by atoms with E-state index in [-0.39, 0.29) is 18.6 Å². The zero-order valence-corrected chi connectivity index (χ0v) is 15.9. The topological polar surface area (TPSA) is 86.7 Å². The van der Waals surface area contributed by atoms with E-state index in [1.54, 1.807) is 36.0 Å². The Bertz CT molecular complexity index is 759. The minimum Gasteiger partial charge on any atom is -0.465 e. The second kappa shape index (κ2) is 8.87. The van der Waals surface area contributed by atoms with Crippen LogP contribution >= 0.6 is 0 Å². The van der Waals surface area contributed by atoms with Gasteiger partial charge in [-0.25, -0.2) is 9.18 Å². The van der Waals surface area contributed by atoms with Crippen molar-refractivity contribution in [1.29, 1.82) is 0 Å². The maximum atomic E-state index is 14.7. The fourth-order valence-corrected chi connectivity index (χ4v) is 3.10. The molecule has 1 fully saturated rings. The number of esters is 1. The molecule has 1 unspecified atom stereocenters. The van der Waals surface area contributed by atoms with Gasteiger partial charge in [0.2, 0.25) is 0 Å². The number of cyclic esters (lactones) is 1. The van der Waals surface area contributed by atoms with Crippen molar-refractivity contribution in [2.75, 3.05) is 56.2 Å². The number of halogens is 1. The van der Waals surface area contributed by atoms with Crippen molar-refractivity contribution in [1.82, 2.24) is 10.3 Å². The lowest BCUT2D eigenvalue weighted by molar-refractivity contribution is -0.144. The van der Waals surface area contributed by atoms with Crippen LogP contribution in [-0.4, -0.2) is 75.9 Å². The number of ether oxygens (including phenoxy) is 2. The Hall–Kier alpha value is -2.88. The Balaban J connectivity index is 1.65. The third-order valence-corrected chi connectivity index (χ3v) is 4.43. The molecule has 1 N–H and O–H groups in total. The fourth-order valence-electron chi connectivity index (χ4n) is 3.10. The lowest BCUT2D eigenvalue weighted by Crippen LogP contribution is -2.40. The second-order valence-corrected chi connectivity index (χ2v) is 6.43. The van der Waals surface area contributed by atoms with E-state index in [1.165, 1.54) is 17.3 Å². The molecule has 1 amide bonds. The van der Waals surface area contributed by atoms with Crippen LogP contribution < -0.4 is 15.1 Å². The summed E-state index contributed by atoms with van der Waals surface area (Å²) in [6, 6.07) is 4.60. The van der Waals surface area contributed by atoms with Crippen LogP contribution in [0, 0.1) is 5.82 Å². The Kier molecular flexibility index (Phi) is 6.30. The number of anilines is 2. The van der Waals surface area contributed by atoms with Crippen LogP contribution in [0.1, 0.15) is 6.92 Å². The molecule has 0 radical (unpaired) electrons. The molecule has 1 saturated heterocycles. The van der Waals surface area contributed by atoms with Gasteiger partial charge in [0, 0.05) is 13.1 Å². The van der Waals surface area contributed by atoms with Gasteiger partial charge in [-0.1, -0.05) is 0 Å². The summed E-state index contributed by atoms with van der Waals surface area (Å²) in [5, 5.41) is 8.70. The zero-order valence-electron chi connectivity index (χ0n) is 15.9. The highest BCUT2D eigenvalue weighted by Crippen LogP contribution is 2.28. The first-order valence-electron chi connectivity index (χ1n) is 9.15. The molecule has 2 heterocycles. The lowest BCUT2D eigenvalue weighted by Gasteiger charge is -2.29. The van der Waals surface area contributed by atoms with E-state index in [2.05, 4.69) is 10.4 Å². The highest BCUT2D eigenvalue weighted by Gasteiger charge is 2.32. The van der Waals surface area contributed by atoms with Gasteiger partial charge in [0.15, 0.2) is 0 Å². The van der Waals surface area contributed by atoms with Crippen LogP contribution in [0.3, 0.4) is 0 Å². The molecule has 0 spiro atoms. The number of rotatable bonds is 7. The number of nitrogens with zero attached hydrogens (tertiary/aromatic N) is 4. The molecule has 152 valence electrons. The molecule has 10 heteroatoms. The molecule has 0 saturated carbocycles. The van der Waals surface area contributed by atoms with Crippen molar-refractivity contribution < 1.29 is 23.5 Å². The van der Waals surface area contributed by atoms with Gasteiger partial charge in [-0.15, -0.1) is 0 Å². The number of benzene rings is 1. The number of likely N-dealkylation sites (N-methyl/N-ethyl adjacent to an activating group) is 1. The molecular weight excluding hydrogens is 369 g/mol. The van der Waals surface area contributed by atoms with E-state index < -0.39 is 11.9 Å². The third kappa shape index (κ3) is 4.50. The number of carbonyl (C=O) groups excluding carboxylic acids is 2. The summed E-state index contributed by atoms with van der Waals surface area (Å²) >= 11 is 0. The standard InChI is InChI=1S/C18H24FN5O4/c1-3-27-17(25)11-23-7-6-22(12-21-23)16-5-4-13(8-15(16)19)24-10-14(9-20-2)28-18(24)26/h4-5,8,12,14,20H,3,6-7,9-11H2,1-2H3. The number of nitrogens with one attached hydrogen (secondary N) is 1. The van der Waals surface area contributed by atoms with Crippen LogP contribution in [-0.2, 0) is 14.3 Å². The van der Waals surface area contributed by atoms with Gasteiger partial charge in [0.25, 0.3) is 0 Å². The smallest absolute Gasteiger partial charge is 0.414 e. The van der Waals surface area contributed by atoms with Crippen LogP contribution in [0.15, 0.2) is 23.3 Å². The summed E-state index contributed by atoms with van der Waals surface area (Å²) in [6.45, 7) is 3.96. The number of hydrogen-bond donors (Lipinski definition) is 1. The molecule has 0 aliphatic carbocycles. The van der Waals surface area contributed by atoms with E-state index in [0.717, 1.165) is 0 Å². The fraction of sp³-hybridized carbons (Fsp3) is 0.500.